The highest BCUT2D eigenvalue weighted by Crippen LogP contribution is 2.24. The van der Waals surface area contributed by atoms with E-state index >= 15 is 0 Å². The van der Waals surface area contributed by atoms with Crippen LogP contribution in [0, 0.1) is 6.92 Å². The third-order valence-corrected chi connectivity index (χ3v) is 6.34. The number of rotatable bonds is 6. The third kappa shape index (κ3) is 3.89. The Bertz CT molecular complexity index is 1270. The Labute approximate surface area is 178 Å². The average Bonchev–Trinajstić information content (AvgIpc) is 3.23. The monoisotopic (exact) mass is 452 g/mol. The number of amides is 1. The molecule has 0 fully saturated rings. The van der Waals surface area contributed by atoms with Crippen molar-refractivity contribution >= 4 is 51.3 Å². The van der Waals surface area contributed by atoms with E-state index in [1.165, 1.54) is 11.6 Å². The number of aryl methyl sites for hydroxylation is 3. The number of nitrogens with one attached hydrogen (secondary N) is 1. The van der Waals surface area contributed by atoms with E-state index in [2.05, 4.69) is 15.3 Å². The number of hydrogen-bond donors (Lipinski definition) is 1. The Balaban J connectivity index is 1.76. The Hall–Kier alpha value is -2.93. The van der Waals surface area contributed by atoms with Gasteiger partial charge in [0, 0.05) is 21.1 Å². The molecule has 0 bridgehead atoms. The smallest absolute Gasteiger partial charge is 0.350 e. The molecule has 0 aromatic carbocycles. The maximum Gasteiger partial charge on any atom is 0.350 e. The van der Waals surface area contributed by atoms with Crippen LogP contribution in [0.4, 0.5) is 5.13 Å². The van der Waals surface area contributed by atoms with Crippen molar-refractivity contribution < 1.29 is 14.3 Å². The zero-order valence-corrected chi connectivity index (χ0v) is 18.6. The molecule has 0 aliphatic rings. The molecule has 0 saturated heterocycles. The fraction of sp³-hybridized carbons (Fsp3) is 0.412. The summed E-state index contributed by atoms with van der Waals surface area (Å²) in [7, 11) is 4.61. The summed E-state index contributed by atoms with van der Waals surface area (Å²) in [4.78, 5) is 57.5. The van der Waals surface area contributed by atoms with Gasteiger partial charge in [-0.3, -0.25) is 18.7 Å². The molecular formula is C17H20N6O5S2. The number of esters is 1. The van der Waals surface area contributed by atoms with E-state index in [-0.39, 0.29) is 23.8 Å². The van der Waals surface area contributed by atoms with E-state index < -0.39 is 17.2 Å². The third-order valence-electron chi connectivity index (χ3n) is 4.26. The number of thiazole rings is 1. The number of thioether (sulfide) groups is 1. The lowest BCUT2D eigenvalue weighted by atomic mass is 10.4. The zero-order chi connectivity index (χ0) is 22.2. The molecule has 30 heavy (non-hydrogen) atoms. The molecule has 3 rings (SSSR count). The van der Waals surface area contributed by atoms with E-state index in [0.29, 0.717) is 26.5 Å². The Kier molecular flexibility index (Phi) is 6.12. The van der Waals surface area contributed by atoms with Crippen LogP contribution in [-0.2, 0) is 30.7 Å². The molecule has 13 heteroatoms. The van der Waals surface area contributed by atoms with Gasteiger partial charge in [0.15, 0.2) is 21.5 Å². The topological polar surface area (TPSA) is 130 Å². The van der Waals surface area contributed by atoms with Crippen molar-refractivity contribution in [1.29, 1.82) is 0 Å². The molecule has 160 valence electrons. The van der Waals surface area contributed by atoms with Crippen molar-refractivity contribution in [3.8, 4) is 0 Å². The van der Waals surface area contributed by atoms with Crippen LogP contribution >= 0.6 is 23.1 Å². The fourth-order valence-corrected chi connectivity index (χ4v) is 4.45. The van der Waals surface area contributed by atoms with Crippen LogP contribution < -0.4 is 16.6 Å². The number of carbonyl (C=O) groups is 2. The number of ether oxygens (including phenoxy) is 1. The van der Waals surface area contributed by atoms with Gasteiger partial charge in [0.1, 0.15) is 4.88 Å². The molecule has 0 saturated carbocycles. The number of carbonyl (C=O) groups excluding carboxylic acids is 2. The SMILES string of the molecule is CCOC(=O)c1sc(NC(=O)CSc2nc3c(=O)n(C)c(=O)n(C)c3n2C)nc1C. The number of anilines is 1. The highest BCUT2D eigenvalue weighted by atomic mass is 32.2. The molecule has 1 N–H and O–H groups in total. The summed E-state index contributed by atoms with van der Waals surface area (Å²) in [5.74, 6) is -0.828. The molecule has 3 aromatic rings. The maximum absolute atomic E-state index is 12.3. The molecule has 0 unspecified atom stereocenters. The van der Waals surface area contributed by atoms with E-state index in [1.54, 1.807) is 32.5 Å². The molecule has 1 amide bonds. The number of aromatic nitrogens is 5. The summed E-state index contributed by atoms with van der Waals surface area (Å²) >= 11 is 2.16. The number of fused-ring (bicyclic) bond motifs is 1. The molecule has 0 aliphatic heterocycles. The minimum atomic E-state index is -0.496. The second-order valence-electron chi connectivity index (χ2n) is 6.32. The van der Waals surface area contributed by atoms with Crippen molar-refractivity contribution in [3.63, 3.8) is 0 Å². The van der Waals surface area contributed by atoms with Crippen molar-refractivity contribution in [2.24, 2.45) is 21.1 Å². The molecule has 0 radical (unpaired) electrons. The van der Waals surface area contributed by atoms with Gasteiger partial charge in [-0.1, -0.05) is 23.1 Å². The van der Waals surface area contributed by atoms with Gasteiger partial charge in [-0.25, -0.2) is 19.6 Å². The van der Waals surface area contributed by atoms with Gasteiger partial charge >= 0.3 is 11.7 Å². The van der Waals surface area contributed by atoms with Crippen molar-refractivity contribution in [2.45, 2.75) is 19.0 Å². The van der Waals surface area contributed by atoms with Crippen LogP contribution in [0.2, 0.25) is 0 Å². The van der Waals surface area contributed by atoms with Gasteiger partial charge in [0.25, 0.3) is 5.56 Å². The van der Waals surface area contributed by atoms with Crippen LogP contribution in [-0.4, -0.2) is 47.9 Å². The quantitative estimate of drug-likeness (QED) is 0.426. The van der Waals surface area contributed by atoms with Gasteiger partial charge in [0.2, 0.25) is 5.91 Å². The summed E-state index contributed by atoms with van der Waals surface area (Å²) < 4.78 is 8.89. The van der Waals surface area contributed by atoms with Crippen molar-refractivity contribution in [1.82, 2.24) is 23.7 Å². The zero-order valence-electron chi connectivity index (χ0n) is 17.0. The van der Waals surface area contributed by atoms with Crippen molar-refractivity contribution in [3.05, 3.63) is 31.4 Å². The van der Waals surface area contributed by atoms with Crippen LogP contribution in [0.25, 0.3) is 11.2 Å². The first-order chi connectivity index (χ1) is 14.1. The lowest BCUT2D eigenvalue weighted by Crippen LogP contribution is -2.37. The van der Waals surface area contributed by atoms with Crippen molar-refractivity contribution in [2.75, 3.05) is 17.7 Å². The summed E-state index contributed by atoms with van der Waals surface area (Å²) in [6, 6.07) is 0. The standard InChI is InChI=1S/C17H20N6O5S2/c1-6-28-14(26)11-8(2)18-15(30-11)19-9(24)7-29-16-20-10-12(21(16)3)22(4)17(27)23(5)13(10)25/h6-7H2,1-5H3,(H,18,19,24). The highest BCUT2D eigenvalue weighted by molar-refractivity contribution is 7.99. The van der Waals surface area contributed by atoms with Crippen LogP contribution in [0.3, 0.4) is 0 Å². The van der Waals surface area contributed by atoms with Crippen LogP contribution in [0.5, 0.6) is 0 Å². The summed E-state index contributed by atoms with van der Waals surface area (Å²) in [5, 5.41) is 3.36. The average molecular weight is 453 g/mol. The second kappa shape index (κ2) is 8.44. The Morgan fingerprint density at radius 3 is 2.50 bits per heavy atom. The van der Waals surface area contributed by atoms with Gasteiger partial charge in [-0.05, 0) is 13.8 Å². The van der Waals surface area contributed by atoms with Gasteiger partial charge in [-0.15, -0.1) is 0 Å². The molecular weight excluding hydrogens is 432 g/mol. The fourth-order valence-electron chi connectivity index (χ4n) is 2.81. The van der Waals surface area contributed by atoms with Crippen LogP contribution in [0.1, 0.15) is 22.3 Å². The summed E-state index contributed by atoms with van der Waals surface area (Å²) in [6.45, 7) is 3.63. The Morgan fingerprint density at radius 1 is 1.13 bits per heavy atom. The molecule has 3 aromatic heterocycles. The van der Waals surface area contributed by atoms with E-state index in [0.717, 1.165) is 27.7 Å². The van der Waals surface area contributed by atoms with E-state index in [9.17, 15) is 19.2 Å². The number of hydrogen-bond acceptors (Lipinski definition) is 9. The molecule has 0 atom stereocenters. The van der Waals surface area contributed by atoms with Gasteiger partial charge < -0.3 is 14.6 Å². The van der Waals surface area contributed by atoms with Crippen LogP contribution in [0.15, 0.2) is 14.7 Å². The second-order valence-corrected chi connectivity index (χ2v) is 8.26. The van der Waals surface area contributed by atoms with Gasteiger partial charge in [0.05, 0.1) is 18.1 Å². The molecule has 0 spiro atoms. The highest BCUT2D eigenvalue weighted by Gasteiger charge is 2.20. The lowest BCUT2D eigenvalue weighted by Gasteiger charge is -2.06. The predicted octanol–water partition coefficient (Wildman–Crippen LogP) is 0.643. The number of nitrogens with zero attached hydrogens (tertiary/aromatic N) is 5. The van der Waals surface area contributed by atoms with E-state index in [1.807, 2.05) is 0 Å². The molecule has 11 nitrogen and oxygen atoms in total. The molecule has 3 heterocycles. The summed E-state index contributed by atoms with van der Waals surface area (Å²) in [6.07, 6.45) is 0. The predicted molar refractivity (Wildman–Crippen MR) is 113 cm³/mol. The first kappa shape index (κ1) is 21.8. The lowest BCUT2D eigenvalue weighted by molar-refractivity contribution is -0.113. The molecule has 0 aliphatic carbocycles. The van der Waals surface area contributed by atoms with E-state index in [4.69, 9.17) is 4.74 Å². The van der Waals surface area contributed by atoms with Gasteiger partial charge in [-0.2, -0.15) is 0 Å². The minimum absolute atomic E-state index is 0.00120. The largest absolute Gasteiger partial charge is 0.462 e. The Morgan fingerprint density at radius 2 is 1.83 bits per heavy atom. The first-order valence-corrected chi connectivity index (χ1v) is 10.7. The normalized spacial score (nSPS) is 11.1. The summed E-state index contributed by atoms with van der Waals surface area (Å²) in [5.41, 5.74) is 0.0554. The first-order valence-electron chi connectivity index (χ1n) is 8.85. The number of imidazole rings is 1. The maximum atomic E-state index is 12.3. The minimum Gasteiger partial charge on any atom is -0.462 e.